The molecule has 3 N–H and O–H groups in total. The van der Waals surface area contributed by atoms with E-state index in [1.165, 1.54) is 42.7 Å². The van der Waals surface area contributed by atoms with E-state index in [-0.39, 0.29) is 24.3 Å². The van der Waals surface area contributed by atoms with Crippen LogP contribution in [0.4, 0.5) is 5.69 Å². The molecule has 1 aromatic heterocycles. The van der Waals surface area contributed by atoms with E-state index in [1.54, 1.807) is 60.7 Å². The number of nitrogens with one attached hydrogen (secondary N) is 2. The van der Waals surface area contributed by atoms with Crippen LogP contribution in [0.15, 0.2) is 89.6 Å². The number of benzene rings is 3. The summed E-state index contributed by atoms with van der Waals surface area (Å²) in [5.41, 5.74) is 2.71. The van der Waals surface area contributed by atoms with Crippen molar-refractivity contribution in [2.24, 2.45) is 0 Å². The number of carboxylic acids is 1. The fourth-order valence-electron chi connectivity index (χ4n) is 4.61. The summed E-state index contributed by atoms with van der Waals surface area (Å²) in [6, 6.07) is 20.2. The highest BCUT2D eigenvalue weighted by Crippen LogP contribution is 2.19. The maximum absolute atomic E-state index is 12.8. The van der Waals surface area contributed by atoms with Crippen LogP contribution in [0.3, 0.4) is 0 Å². The van der Waals surface area contributed by atoms with Crippen molar-refractivity contribution in [1.29, 1.82) is 0 Å². The number of amides is 2. The van der Waals surface area contributed by atoms with Crippen LogP contribution < -0.4 is 20.1 Å². The number of carboxylic acid groups (broad SMARTS) is 1. The molecule has 240 valence electrons. The molecule has 46 heavy (non-hydrogen) atoms. The third kappa shape index (κ3) is 10.9. The lowest BCUT2D eigenvalue weighted by Gasteiger charge is -2.15. The van der Waals surface area contributed by atoms with Gasteiger partial charge in [-0.1, -0.05) is 44.7 Å². The zero-order chi connectivity index (χ0) is 32.7. The lowest BCUT2D eigenvalue weighted by atomic mass is 10.0. The van der Waals surface area contributed by atoms with Crippen LogP contribution >= 0.6 is 11.3 Å². The van der Waals surface area contributed by atoms with E-state index >= 15 is 0 Å². The molecule has 0 saturated heterocycles. The molecule has 0 aliphatic carbocycles. The number of hydrogen-bond donors (Lipinski definition) is 3. The minimum atomic E-state index is -1.19. The maximum Gasteiger partial charge on any atom is 0.343 e. The molecule has 4 rings (SSSR count). The highest BCUT2D eigenvalue weighted by molar-refractivity contribution is 7.08. The molecule has 0 fully saturated rings. The fraction of sp³-hybridized carbons (Fsp3) is 0.278. The molecule has 4 aromatic rings. The van der Waals surface area contributed by atoms with Crippen LogP contribution in [-0.4, -0.2) is 41.5 Å². The van der Waals surface area contributed by atoms with Gasteiger partial charge in [0, 0.05) is 17.7 Å². The SMILES string of the molecule is CCCCCCCOc1ccc(C(=O)Oc2ccc(C[C@H](NC(=O)c3ccc(NC(=O)Cc4ccsc4)cc3)C(=O)O)cc2)cc1. The molecule has 3 aromatic carbocycles. The molecule has 0 saturated carbocycles. The largest absolute Gasteiger partial charge is 0.494 e. The topological polar surface area (TPSA) is 131 Å². The summed E-state index contributed by atoms with van der Waals surface area (Å²) in [6.45, 7) is 2.82. The van der Waals surface area contributed by atoms with Gasteiger partial charge in [0.25, 0.3) is 5.91 Å². The third-order valence-electron chi connectivity index (χ3n) is 7.16. The summed E-state index contributed by atoms with van der Waals surface area (Å²) >= 11 is 1.52. The highest BCUT2D eigenvalue weighted by Gasteiger charge is 2.21. The number of thiophene rings is 1. The second-order valence-electron chi connectivity index (χ2n) is 10.8. The average Bonchev–Trinajstić information content (AvgIpc) is 3.56. The first-order valence-corrected chi connectivity index (χ1v) is 16.2. The summed E-state index contributed by atoms with van der Waals surface area (Å²) in [6.07, 6.45) is 6.04. The van der Waals surface area contributed by atoms with E-state index < -0.39 is 23.9 Å². The van der Waals surface area contributed by atoms with Crippen molar-refractivity contribution < 1.29 is 33.8 Å². The number of ether oxygens (including phenoxy) is 2. The first-order chi connectivity index (χ1) is 22.3. The number of hydrogen-bond acceptors (Lipinski definition) is 7. The van der Waals surface area contributed by atoms with E-state index in [0.29, 0.717) is 34.9 Å². The number of unbranched alkanes of at least 4 members (excludes halogenated alkanes) is 4. The van der Waals surface area contributed by atoms with Gasteiger partial charge in [-0.25, -0.2) is 9.59 Å². The smallest absolute Gasteiger partial charge is 0.343 e. The summed E-state index contributed by atoms with van der Waals surface area (Å²) in [5.74, 6) is -1.45. The van der Waals surface area contributed by atoms with Gasteiger partial charge in [0.05, 0.1) is 18.6 Å². The van der Waals surface area contributed by atoms with Gasteiger partial charge in [-0.2, -0.15) is 11.3 Å². The van der Waals surface area contributed by atoms with Crippen molar-refractivity contribution in [2.75, 3.05) is 11.9 Å². The van der Waals surface area contributed by atoms with E-state index in [9.17, 15) is 24.3 Å². The van der Waals surface area contributed by atoms with Crippen molar-refractivity contribution in [2.45, 2.75) is 57.9 Å². The van der Waals surface area contributed by atoms with Gasteiger partial charge >= 0.3 is 11.9 Å². The van der Waals surface area contributed by atoms with E-state index in [2.05, 4.69) is 17.6 Å². The average molecular weight is 643 g/mol. The van der Waals surface area contributed by atoms with Gasteiger partial charge in [-0.3, -0.25) is 9.59 Å². The van der Waals surface area contributed by atoms with Crippen molar-refractivity contribution in [1.82, 2.24) is 5.32 Å². The summed E-state index contributed by atoms with van der Waals surface area (Å²) in [7, 11) is 0. The molecule has 10 heteroatoms. The highest BCUT2D eigenvalue weighted by atomic mass is 32.1. The Morgan fingerprint density at radius 3 is 2.11 bits per heavy atom. The predicted octanol–water partition coefficient (Wildman–Crippen LogP) is 6.92. The molecular weight excluding hydrogens is 604 g/mol. The monoisotopic (exact) mass is 642 g/mol. The van der Waals surface area contributed by atoms with Crippen molar-refractivity contribution in [3.05, 3.63) is 112 Å². The quantitative estimate of drug-likeness (QED) is 0.0647. The number of carbonyl (C=O) groups excluding carboxylic acids is 3. The minimum absolute atomic E-state index is 0.0199. The van der Waals surface area contributed by atoms with E-state index in [4.69, 9.17) is 9.47 Å². The summed E-state index contributed by atoms with van der Waals surface area (Å²) < 4.78 is 11.2. The molecule has 0 aliphatic heterocycles. The van der Waals surface area contributed by atoms with Crippen LogP contribution in [0, 0.1) is 0 Å². The zero-order valence-corrected chi connectivity index (χ0v) is 26.5. The minimum Gasteiger partial charge on any atom is -0.494 e. The zero-order valence-electron chi connectivity index (χ0n) is 25.7. The maximum atomic E-state index is 12.8. The van der Waals surface area contributed by atoms with Crippen molar-refractivity contribution in [3.63, 3.8) is 0 Å². The number of carbonyl (C=O) groups is 4. The lowest BCUT2D eigenvalue weighted by Crippen LogP contribution is -2.42. The Bertz CT molecular complexity index is 1570. The second kappa shape index (κ2) is 17.5. The second-order valence-corrected chi connectivity index (χ2v) is 11.6. The van der Waals surface area contributed by atoms with Gasteiger partial charge < -0.3 is 25.2 Å². The molecule has 0 radical (unpaired) electrons. The summed E-state index contributed by atoms with van der Waals surface area (Å²) in [4.78, 5) is 49.6. The Morgan fingerprint density at radius 2 is 1.46 bits per heavy atom. The first kappa shape index (κ1) is 33.9. The van der Waals surface area contributed by atoms with Crippen LogP contribution in [-0.2, 0) is 22.4 Å². The third-order valence-corrected chi connectivity index (χ3v) is 7.89. The Kier molecular flexibility index (Phi) is 12.9. The van der Waals surface area contributed by atoms with Gasteiger partial charge in [0.2, 0.25) is 5.91 Å². The fourth-order valence-corrected chi connectivity index (χ4v) is 5.28. The van der Waals surface area contributed by atoms with Gasteiger partial charge in [0.1, 0.15) is 17.5 Å². The predicted molar refractivity (Wildman–Crippen MR) is 178 cm³/mol. The molecule has 0 bridgehead atoms. The molecule has 0 aliphatic rings. The van der Waals surface area contributed by atoms with Crippen LogP contribution in [0.2, 0.25) is 0 Å². The number of aliphatic carboxylic acids is 1. The van der Waals surface area contributed by atoms with E-state index in [1.807, 2.05) is 16.8 Å². The van der Waals surface area contributed by atoms with Gasteiger partial charge in [0.15, 0.2) is 0 Å². The number of anilines is 1. The van der Waals surface area contributed by atoms with Crippen LogP contribution in [0.1, 0.15) is 70.9 Å². The molecule has 1 atom stereocenters. The molecule has 2 amide bonds. The van der Waals surface area contributed by atoms with E-state index in [0.717, 1.165) is 18.4 Å². The van der Waals surface area contributed by atoms with Crippen LogP contribution in [0.5, 0.6) is 11.5 Å². The molecule has 0 unspecified atom stereocenters. The first-order valence-electron chi connectivity index (χ1n) is 15.3. The Balaban J connectivity index is 1.24. The normalized spacial score (nSPS) is 11.3. The Labute approximate surface area is 272 Å². The Morgan fingerprint density at radius 1 is 0.783 bits per heavy atom. The molecule has 9 nitrogen and oxygen atoms in total. The summed E-state index contributed by atoms with van der Waals surface area (Å²) in [5, 5.41) is 18.9. The molecular formula is C36H38N2O7S. The van der Waals surface area contributed by atoms with Crippen molar-refractivity contribution >= 4 is 40.8 Å². The standard InChI is InChI=1S/C36H38N2O7S/c1-2-3-4-5-6-20-44-30-17-11-28(12-18-30)36(43)45-31-15-7-25(8-16-31)22-32(35(41)42)38-34(40)27-9-13-29(14-10-27)37-33(39)23-26-19-21-46-24-26/h7-19,21,24,32H,2-6,20,22-23H2,1H3,(H,37,39)(H,38,40)(H,41,42)/t32-/m0/s1. The Hall–Kier alpha value is -4.96. The number of rotatable bonds is 17. The molecule has 1 heterocycles. The number of esters is 1. The molecule has 0 spiro atoms. The van der Waals surface area contributed by atoms with Gasteiger partial charge in [-0.15, -0.1) is 0 Å². The van der Waals surface area contributed by atoms with Gasteiger partial charge in [-0.05, 0) is 95.0 Å². The van der Waals surface area contributed by atoms with Crippen molar-refractivity contribution in [3.8, 4) is 11.5 Å². The lowest BCUT2D eigenvalue weighted by molar-refractivity contribution is -0.139. The van der Waals surface area contributed by atoms with Crippen LogP contribution in [0.25, 0.3) is 0 Å².